The largest absolute Gasteiger partial charge is 0.481 e. The van der Waals surface area contributed by atoms with Crippen molar-refractivity contribution in [1.29, 1.82) is 0 Å². The maximum atomic E-state index is 12.5. The third-order valence-corrected chi connectivity index (χ3v) is 3.65. The molecule has 0 aliphatic heterocycles. The van der Waals surface area contributed by atoms with Crippen molar-refractivity contribution in [1.82, 2.24) is 10.3 Å². The van der Waals surface area contributed by atoms with Gasteiger partial charge in [-0.2, -0.15) is 0 Å². The van der Waals surface area contributed by atoms with E-state index in [0.29, 0.717) is 18.1 Å². The van der Waals surface area contributed by atoms with Gasteiger partial charge in [-0.15, -0.1) is 0 Å². The molecule has 7 heteroatoms. The average molecular weight is 358 g/mol. The van der Waals surface area contributed by atoms with Gasteiger partial charge in [0.25, 0.3) is 5.91 Å². The Morgan fingerprint density at radius 1 is 1.23 bits per heavy atom. The Bertz CT molecular complexity index is 751. The van der Waals surface area contributed by atoms with E-state index in [0.717, 1.165) is 5.56 Å². The standard InChI is InChI=1S/C19H22N2O5/c1-19(13-25-2,11-17(22)23)21-18(24)15-8-9-20-16(10-15)26-12-14-6-4-3-5-7-14/h3-10H,11-13H2,1-2H3,(H,21,24)(H,22,23). The molecule has 0 spiro atoms. The van der Waals surface area contributed by atoms with Crippen LogP contribution in [0.2, 0.25) is 0 Å². The van der Waals surface area contributed by atoms with Crippen molar-refractivity contribution >= 4 is 11.9 Å². The Morgan fingerprint density at radius 3 is 2.62 bits per heavy atom. The quantitative estimate of drug-likeness (QED) is 0.714. The molecule has 2 aromatic rings. The van der Waals surface area contributed by atoms with E-state index in [4.69, 9.17) is 14.6 Å². The van der Waals surface area contributed by atoms with Gasteiger partial charge in [0.15, 0.2) is 0 Å². The van der Waals surface area contributed by atoms with Crippen molar-refractivity contribution in [2.24, 2.45) is 0 Å². The first-order valence-electron chi connectivity index (χ1n) is 8.08. The van der Waals surface area contributed by atoms with Crippen molar-refractivity contribution < 1.29 is 24.2 Å². The molecule has 2 N–H and O–H groups in total. The number of nitrogens with zero attached hydrogens (tertiary/aromatic N) is 1. The molecule has 1 amide bonds. The van der Waals surface area contributed by atoms with Gasteiger partial charge in [0.05, 0.1) is 18.6 Å². The summed E-state index contributed by atoms with van der Waals surface area (Å²) in [5.74, 6) is -1.13. The second-order valence-electron chi connectivity index (χ2n) is 6.18. The summed E-state index contributed by atoms with van der Waals surface area (Å²) in [6, 6.07) is 12.7. The Kier molecular flexibility index (Phi) is 6.68. The van der Waals surface area contributed by atoms with Gasteiger partial charge in [0.1, 0.15) is 6.61 Å². The monoisotopic (exact) mass is 358 g/mol. The Labute approximate surface area is 152 Å². The van der Waals surface area contributed by atoms with Crippen LogP contribution in [0.25, 0.3) is 0 Å². The molecule has 7 nitrogen and oxygen atoms in total. The molecule has 0 bridgehead atoms. The van der Waals surface area contributed by atoms with Crippen molar-refractivity contribution in [3.8, 4) is 5.88 Å². The molecule has 0 saturated carbocycles. The lowest BCUT2D eigenvalue weighted by molar-refractivity contribution is -0.139. The number of carboxylic acid groups (broad SMARTS) is 1. The number of aliphatic carboxylic acids is 1. The SMILES string of the molecule is COCC(C)(CC(=O)O)NC(=O)c1ccnc(OCc2ccccc2)c1. The Balaban J connectivity index is 2.05. The fraction of sp³-hybridized carbons (Fsp3) is 0.316. The number of aromatic nitrogens is 1. The van der Waals surface area contributed by atoms with Crippen LogP contribution < -0.4 is 10.1 Å². The summed E-state index contributed by atoms with van der Waals surface area (Å²) in [4.78, 5) is 27.6. The minimum absolute atomic E-state index is 0.0769. The highest BCUT2D eigenvalue weighted by molar-refractivity contribution is 5.95. The summed E-state index contributed by atoms with van der Waals surface area (Å²) in [6.07, 6.45) is 1.22. The predicted molar refractivity (Wildman–Crippen MR) is 95.0 cm³/mol. The van der Waals surface area contributed by atoms with Gasteiger partial charge < -0.3 is 19.9 Å². The lowest BCUT2D eigenvalue weighted by Crippen LogP contribution is -2.50. The normalized spacial score (nSPS) is 12.8. The molecular formula is C19H22N2O5. The van der Waals surface area contributed by atoms with Gasteiger partial charge in [-0.25, -0.2) is 4.98 Å². The van der Waals surface area contributed by atoms with Crippen LogP contribution in [-0.2, 0) is 16.1 Å². The fourth-order valence-electron chi connectivity index (χ4n) is 2.49. The van der Waals surface area contributed by atoms with E-state index in [-0.39, 0.29) is 13.0 Å². The first-order chi connectivity index (χ1) is 12.4. The molecule has 2 rings (SSSR count). The van der Waals surface area contributed by atoms with Crippen LogP contribution in [0.1, 0.15) is 29.3 Å². The Hall–Kier alpha value is -2.93. The number of benzene rings is 1. The zero-order chi connectivity index (χ0) is 19.0. The first-order valence-corrected chi connectivity index (χ1v) is 8.08. The van der Waals surface area contributed by atoms with E-state index in [2.05, 4.69) is 10.3 Å². The molecule has 1 aromatic carbocycles. The number of ether oxygens (including phenoxy) is 2. The van der Waals surface area contributed by atoms with Crippen LogP contribution in [0.3, 0.4) is 0 Å². The van der Waals surface area contributed by atoms with Gasteiger partial charge >= 0.3 is 5.97 Å². The van der Waals surface area contributed by atoms with E-state index in [9.17, 15) is 9.59 Å². The summed E-state index contributed by atoms with van der Waals surface area (Å²) in [6.45, 7) is 2.03. The van der Waals surface area contributed by atoms with Crippen LogP contribution in [0.5, 0.6) is 5.88 Å². The lowest BCUT2D eigenvalue weighted by Gasteiger charge is -2.28. The maximum Gasteiger partial charge on any atom is 0.305 e. The van der Waals surface area contributed by atoms with Crippen LogP contribution in [-0.4, -0.2) is 41.2 Å². The van der Waals surface area contributed by atoms with Crippen LogP contribution in [0, 0.1) is 0 Å². The molecule has 1 atom stereocenters. The van der Waals surface area contributed by atoms with Crippen molar-refractivity contribution in [2.45, 2.75) is 25.5 Å². The Morgan fingerprint density at radius 2 is 1.96 bits per heavy atom. The minimum atomic E-state index is -1.02. The van der Waals surface area contributed by atoms with Crippen LogP contribution in [0.4, 0.5) is 0 Å². The van der Waals surface area contributed by atoms with E-state index >= 15 is 0 Å². The number of carboxylic acids is 1. The van der Waals surface area contributed by atoms with Crippen molar-refractivity contribution in [3.05, 3.63) is 59.8 Å². The van der Waals surface area contributed by atoms with Crippen LogP contribution >= 0.6 is 0 Å². The highest BCUT2D eigenvalue weighted by Gasteiger charge is 2.30. The topological polar surface area (TPSA) is 97.8 Å². The van der Waals surface area contributed by atoms with E-state index in [1.54, 1.807) is 13.0 Å². The molecular weight excluding hydrogens is 336 g/mol. The number of methoxy groups -OCH3 is 1. The summed E-state index contributed by atoms with van der Waals surface area (Å²) >= 11 is 0. The molecule has 1 aromatic heterocycles. The van der Waals surface area contributed by atoms with E-state index in [1.807, 2.05) is 30.3 Å². The number of hydrogen-bond donors (Lipinski definition) is 2. The van der Waals surface area contributed by atoms with Gasteiger partial charge in [0, 0.05) is 24.9 Å². The fourth-order valence-corrected chi connectivity index (χ4v) is 2.49. The molecule has 1 heterocycles. The first kappa shape index (κ1) is 19.4. The number of carbonyl (C=O) groups excluding carboxylic acids is 1. The minimum Gasteiger partial charge on any atom is -0.481 e. The smallest absolute Gasteiger partial charge is 0.305 e. The van der Waals surface area contributed by atoms with Crippen molar-refractivity contribution in [3.63, 3.8) is 0 Å². The summed E-state index contributed by atoms with van der Waals surface area (Å²) in [7, 11) is 1.45. The molecule has 0 aliphatic rings. The zero-order valence-electron chi connectivity index (χ0n) is 14.8. The number of carbonyl (C=O) groups is 2. The molecule has 0 fully saturated rings. The zero-order valence-corrected chi connectivity index (χ0v) is 14.8. The average Bonchev–Trinajstić information content (AvgIpc) is 2.60. The summed E-state index contributed by atoms with van der Waals surface area (Å²) in [5, 5.41) is 11.8. The maximum absolute atomic E-state index is 12.5. The number of hydrogen-bond acceptors (Lipinski definition) is 5. The highest BCUT2D eigenvalue weighted by Crippen LogP contribution is 2.15. The summed E-state index contributed by atoms with van der Waals surface area (Å²) in [5.41, 5.74) is 0.292. The van der Waals surface area contributed by atoms with Gasteiger partial charge in [-0.3, -0.25) is 9.59 Å². The van der Waals surface area contributed by atoms with Gasteiger partial charge in [-0.1, -0.05) is 30.3 Å². The second kappa shape index (κ2) is 8.96. The number of amides is 1. The number of rotatable bonds is 9. The molecule has 26 heavy (non-hydrogen) atoms. The predicted octanol–water partition coefficient (Wildman–Crippen LogP) is 2.27. The van der Waals surface area contributed by atoms with Crippen molar-refractivity contribution in [2.75, 3.05) is 13.7 Å². The van der Waals surface area contributed by atoms with Gasteiger partial charge in [-0.05, 0) is 18.6 Å². The number of nitrogens with one attached hydrogen (secondary N) is 1. The summed E-state index contributed by atoms with van der Waals surface area (Å²) < 4.78 is 10.7. The molecule has 1 unspecified atom stereocenters. The number of pyridine rings is 1. The van der Waals surface area contributed by atoms with E-state index < -0.39 is 17.4 Å². The third kappa shape index (κ3) is 5.86. The third-order valence-electron chi connectivity index (χ3n) is 3.65. The molecule has 0 radical (unpaired) electrons. The van der Waals surface area contributed by atoms with E-state index in [1.165, 1.54) is 19.4 Å². The molecule has 0 saturated heterocycles. The van der Waals surface area contributed by atoms with Gasteiger partial charge in [0.2, 0.25) is 5.88 Å². The highest BCUT2D eigenvalue weighted by atomic mass is 16.5. The lowest BCUT2D eigenvalue weighted by atomic mass is 9.98. The molecule has 138 valence electrons. The van der Waals surface area contributed by atoms with Crippen LogP contribution in [0.15, 0.2) is 48.7 Å². The molecule has 0 aliphatic carbocycles. The second-order valence-corrected chi connectivity index (χ2v) is 6.18.